The van der Waals surface area contributed by atoms with E-state index in [1.165, 1.54) is 0 Å². The molecule has 0 atom stereocenters. The number of rotatable bonds is 10. The van der Waals surface area contributed by atoms with Crippen LogP contribution in [0.25, 0.3) is 0 Å². The number of hydrogen-bond donors (Lipinski definition) is 1. The van der Waals surface area contributed by atoms with Gasteiger partial charge in [0.25, 0.3) is 0 Å². The lowest BCUT2D eigenvalue weighted by atomic mass is 10.8. The summed E-state index contributed by atoms with van der Waals surface area (Å²) in [6.45, 7) is 0. The van der Waals surface area contributed by atoms with Crippen LogP contribution >= 0.6 is 27.0 Å². The maximum absolute atomic E-state index is 12.4. The zero-order valence-electron chi connectivity index (χ0n) is 11.1. The molecular weight excluding hydrogens is 318 g/mol. The second-order valence-electron chi connectivity index (χ2n) is 3.20. The van der Waals surface area contributed by atoms with E-state index in [1.54, 1.807) is 0 Å². The smallest absolute Gasteiger partial charge is 0.346 e. The molecule has 0 spiro atoms. The van der Waals surface area contributed by atoms with E-state index < -0.39 is 26.6 Å². The predicted molar refractivity (Wildman–Crippen MR) is 72.0 cm³/mol. The van der Waals surface area contributed by atoms with E-state index in [1.807, 2.05) is 0 Å². The van der Waals surface area contributed by atoms with Crippen molar-refractivity contribution in [2.24, 2.45) is 0 Å². The minimum Gasteiger partial charge on any atom is -0.481 e. The fraction of sp³-hybridized carbons (Fsp3) is 0.875. The first-order valence-corrected chi connectivity index (χ1v) is 9.39. The molecule has 8 nitrogen and oxygen atoms in total. The number of carbonyl (C=O) groups is 1. The van der Waals surface area contributed by atoms with Crippen LogP contribution in [0.1, 0.15) is 0 Å². The van der Waals surface area contributed by atoms with Gasteiger partial charge in [-0.05, 0) is 0 Å². The molecule has 0 radical (unpaired) electrons. The van der Waals surface area contributed by atoms with Gasteiger partial charge in [0.05, 0.1) is 5.75 Å². The van der Waals surface area contributed by atoms with E-state index in [2.05, 4.69) is 0 Å². The van der Waals surface area contributed by atoms with Gasteiger partial charge in [-0.15, -0.1) is 11.8 Å². The number of aliphatic carboxylic acids is 1. The molecule has 0 aromatic carbocycles. The summed E-state index contributed by atoms with van der Waals surface area (Å²) in [4.78, 5) is 10.5. The van der Waals surface area contributed by atoms with Gasteiger partial charge in [-0.3, -0.25) is 13.9 Å². The quantitative estimate of drug-likeness (QED) is 0.600. The molecule has 19 heavy (non-hydrogen) atoms. The van der Waals surface area contributed by atoms with E-state index in [-0.39, 0.29) is 11.5 Å². The molecule has 0 unspecified atom stereocenters. The van der Waals surface area contributed by atoms with Gasteiger partial charge >= 0.3 is 21.2 Å². The van der Waals surface area contributed by atoms with Crippen LogP contribution in [0, 0.1) is 0 Å². The Bertz CT molecular complexity index is 345. The summed E-state index contributed by atoms with van der Waals surface area (Å²) < 4.78 is 43.9. The van der Waals surface area contributed by atoms with Crippen LogP contribution in [0.2, 0.25) is 0 Å². The molecule has 0 fully saturated rings. The lowest BCUT2D eigenvalue weighted by Crippen LogP contribution is -2.18. The fourth-order valence-electron chi connectivity index (χ4n) is 1.24. The molecule has 0 saturated carbocycles. The lowest BCUT2D eigenvalue weighted by Gasteiger charge is -2.28. The van der Waals surface area contributed by atoms with Gasteiger partial charge in [-0.25, -0.2) is 0 Å². The highest BCUT2D eigenvalue weighted by molar-refractivity contribution is 8.00. The van der Waals surface area contributed by atoms with E-state index in [4.69, 9.17) is 23.2 Å². The summed E-state index contributed by atoms with van der Waals surface area (Å²) in [5.41, 5.74) is 0. The van der Waals surface area contributed by atoms with E-state index in [0.29, 0.717) is 0 Å². The molecular formula is C8H18O8P2S. The van der Waals surface area contributed by atoms with Crippen molar-refractivity contribution in [3.63, 3.8) is 0 Å². The first-order valence-electron chi connectivity index (χ1n) is 5.01. The maximum Gasteiger partial charge on any atom is 0.346 e. The largest absolute Gasteiger partial charge is 0.481 e. The van der Waals surface area contributed by atoms with Crippen molar-refractivity contribution in [1.29, 1.82) is 0 Å². The van der Waals surface area contributed by atoms with Crippen LogP contribution in [0.4, 0.5) is 0 Å². The summed E-state index contributed by atoms with van der Waals surface area (Å²) >= 11 is 0.921. The van der Waals surface area contributed by atoms with Gasteiger partial charge in [0, 0.05) is 34.2 Å². The Morgan fingerprint density at radius 3 is 1.68 bits per heavy atom. The molecule has 0 saturated heterocycles. The van der Waals surface area contributed by atoms with E-state index in [9.17, 15) is 13.9 Å². The first kappa shape index (κ1) is 19.1. The SMILES string of the molecule is COP(=O)(OC)C(CSCC(=O)O)P(=O)(OC)OC. The average Bonchev–Trinajstić information content (AvgIpc) is 2.41. The minimum atomic E-state index is -3.73. The van der Waals surface area contributed by atoms with Gasteiger partial charge in [-0.2, -0.15) is 0 Å². The second-order valence-corrected chi connectivity index (χ2v) is 9.50. The van der Waals surface area contributed by atoms with Crippen LogP contribution in [0.3, 0.4) is 0 Å². The first-order chi connectivity index (χ1) is 8.79. The monoisotopic (exact) mass is 336 g/mol. The molecule has 0 heterocycles. The summed E-state index contributed by atoms with van der Waals surface area (Å²) in [5.74, 6) is -1.35. The number of carboxylic acids is 1. The van der Waals surface area contributed by atoms with E-state index >= 15 is 0 Å². The Kier molecular flexibility index (Phi) is 8.47. The topological polar surface area (TPSA) is 108 Å². The summed E-state index contributed by atoms with van der Waals surface area (Å²) in [6.07, 6.45) is 0. The molecule has 0 aliphatic rings. The molecule has 0 bridgehead atoms. The van der Waals surface area contributed by atoms with Gasteiger partial charge in [-0.1, -0.05) is 0 Å². The summed E-state index contributed by atoms with van der Waals surface area (Å²) in [7, 11) is -2.87. The molecule has 0 aliphatic carbocycles. The molecule has 11 heteroatoms. The third-order valence-electron chi connectivity index (χ3n) is 2.24. The number of carboxylic acid groups (broad SMARTS) is 1. The zero-order valence-corrected chi connectivity index (χ0v) is 13.7. The molecule has 0 aliphatic heterocycles. The third-order valence-corrected chi connectivity index (χ3v) is 9.31. The van der Waals surface area contributed by atoms with Crippen molar-refractivity contribution < 1.29 is 37.1 Å². The predicted octanol–water partition coefficient (Wildman–Crippen LogP) is 2.10. The highest BCUT2D eigenvalue weighted by Gasteiger charge is 2.49. The Labute approximate surface area is 116 Å². The standard InChI is InChI=1S/C8H18O8P2S/c1-13-17(11,14-2)8(6-19-5-7(9)10)18(12,15-3)16-4/h8H,5-6H2,1-4H3,(H,9,10). The van der Waals surface area contributed by atoms with Crippen LogP contribution in [-0.4, -0.2) is 56.4 Å². The summed E-state index contributed by atoms with van der Waals surface area (Å²) in [5, 5.41) is 7.38. The van der Waals surface area contributed by atoms with Crippen LogP contribution < -0.4 is 0 Å². The van der Waals surface area contributed by atoms with Crippen LogP contribution in [0.15, 0.2) is 0 Å². The van der Waals surface area contributed by atoms with Crippen molar-refractivity contribution in [1.82, 2.24) is 0 Å². The number of thioether (sulfide) groups is 1. The van der Waals surface area contributed by atoms with Crippen molar-refractivity contribution in [3.8, 4) is 0 Å². The van der Waals surface area contributed by atoms with Crippen molar-refractivity contribution in [2.75, 3.05) is 39.9 Å². The Morgan fingerprint density at radius 1 is 1.05 bits per heavy atom. The third kappa shape index (κ3) is 5.19. The van der Waals surface area contributed by atoms with Gasteiger partial charge in [0.15, 0.2) is 5.40 Å². The van der Waals surface area contributed by atoms with E-state index in [0.717, 1.165) is 40.2 Å². The van der Waals surface area contributed by atoms with Crippen molar-refractivity contribution in [2.45, 2.75) is 5.40 Å². The normalized spacial score (nSPS) is 12.9. The zero-order chi connectivity index (χ0) is 15.1. The molecule has 0 aromatic heterocycles. The Hall–Kier alpha value is 0.120. The molecule has 114 valence electrons. The fourth-order valence-corrected chi connectivity index (χ4v) is 7.63. The maximum atomic E-state index is 12.4. The van der Waals surface area contributed by atoms with Gasteiger partial charge in [0.1, 0.15) is 0 Å². The van der Waals surface area contributed by atoms with Gasteiger partial charge < -0.3 is 23.2 Å². The molecule has 0 rings (SSSR count). The summed E-state index contributed by atoms with van der Waals surface area (Å²) in [6, 6.07) is 0. The highest BCUT2D eigenvalue weighted by atomic mass is 32.2. The Balaban J connectivity index is 5.20. The van der Waals surface area contributed by atoms with Crippen molar-refractivity contribution >= 4 is 32.9 Å². The van der Waals surface area contributed by atoms with Gasteiger partial charge in [0.2, 0.25) is 0 Å². The Morgan fingerprint density at radius 2 is 1.42 bits per heavy atom. The lowest BCUT2D eigenvalue weighted by molar-refractivity contribution is -0.133. The average molecular weight is 336 g/mol. The van der Waals surface area contributed by atoms with Crippen LogP contribution in [0.5, 0.6) is 0 Å². The molecule has 1 N–H and O–H groups in total. The van der Waals surface area contributed by atoms with Crippen molar-refractivity contribution in [3.05, 3.63) is 0 Å². The second kappa shape index (κ2) is 8.42. The number of hydrogen-bond acceptors (Lipinski definition) is 8. The molecule has 0 amide bonds. The highest BCUT2D eigenvalue weighted by Crippen LogP contribution is 2.69. The minimum absolute atomic E-state index is 0.0653. The van der Waals surface area contributed by atoms with Crippen LogP contribution in [-0.2, 0) is 32.0 Å². The molecule has 0 aromatic rings.